The molecule has 8 nitrogen and oxygen atoms in total. The Balaban J connectivity index is 0.00000156. The summed E-state index contributed by atoms with van der Waals surface area (Å²) in [6.45, 7) is 14.8. The molecule has 0 aliphatic carbocycles. The first kappa shape index (κ1) is 41.9. The molecule has 0 unspecified atom stereocenters. The summed E-state index contributed by atoms with van der Waals surface area (Å²) in [4.78, 5) is 26.2. The summed E-state index contributed by atoms with van der Waals surface area (Å²) < 4.78 is 13.8. The molecule has 0 radical (unpaired) electrons. The number of pyridine rings is 1. The number of aryl methyl sites for hydroxylation is 1. The Morgan fingerprint density at radius 3 is 2.08 bits per heavy atom. The molecule has 48 heavy (non-hydrogen) atoms. The van der Waals surface area contributed by atoms with E-state index in [1.165, 1.54) is 0 Å². The molecule has 0 spiro atoms. The van der Waals surface area contributed by atoms with E-state index in [2.05, 4.69) is 39.2 Å². The molecule has 3 aromatic carbocycles. The van der Waals surface area contributed by atoms with Gasteiger partial charge in [-0.25, -0.2) is 9.36 Å². The Kier molecular flexibility index (Phi) is 20.2. The van der Waals surface area contributed by atoms with E-state index >= 15 is 0 Å². The molecule has 0 saturated carbocycles. The minimum absolute atomic E-state index is 0. The number of anilines is 1. The van der Waals surface area contributed by atoms with E-state index in [1.807, 2.05) is 60.7 Å². The summed E-state index contributed by atoms with van der Waals surface area (Å²) in [5.74, 6) is 2.42. The number of hydrogen-bond donors (Lipinski definition) is 2. The van der Waals surface area contributed by atoms with Crippen molar-refractivity contribution in [2.45, 2.75) is 60.9 Å². The first-order valence-corrected chi connectivity index (χ1v) is 16.7. The van der Waals surface area contributed by atoms with E-state index in [0.29, 0.717) is 36.1 Å². The number of carboxylic acids is 1. The second-order valence-electron chi connectivity index (χ2n) is 10.1. The molecule has 1 saturated heterocycles. The van der Waals surface area contributed by atoms with Gasteiger partial charge in [-0.05, 0) is 61.4 Å². The molecule has 9 heteroatoms. The predicted octanol–water partition coefficient (Wildman–Crippen LogP) is 8.10. The van der Waals surface area contributed by atoms with Gasteiger partial charge in [0.15, 0.2) is 0 Å². The molecule has 4 aromatic rings. The number of hydrogen-bond acceptors (Lipinski definition) is 5. The maximum Gasteiger partial charge on any atom is 0.335 e. The number of benzene rings is 3. The van der Waals surface area contributed by atoms with Gasteiger partial charge < -0.3 is 19.9 Å². The van der Waals surface area contributed by atoms with E-state index in [9.17, 15) is 9.59 Å². The van der Waals surface area contributed by atoms with Gasteiger partial charge in [-0.2, -0.15) is 18.2 Å². The zero-order valence-electron chi connectivity index (χ0n) is 29.4. The number of rotatable bonds is 10. The van der Waals surface area contributed by atoms with E-state index < -0.39 is 5.97 Å². The summed E-state index contributed by atoms with van der Waals surface area (Å²) in [5.41, 5.74) is 1.81. The third-order valence-electron chi connectivity index (χ3n) is 7.17. The van der Waals surface area contributed by atoms with Gasteiger partial charge in [0, 0.05) is 56.5 Å². The number of carbonyl (C=O) groups excluding carboxylic acids is 1. The molecule has 2 N–H and O–H groups in total. The van der Waals surface area contributed by atoms with E-state index in [-0.39, 0.29) is 32.5 Å². The quantitative estimate of drug-likeness (QED) is 0.124. The second-order valence-corrected chi connectivity index (χ2v) is 10.1. The van der Waals surface area contributed by atoms with E-state index in [0.717, 1.165) is 43.1 Å². The molecule has 1 aliphatic heterocycles. The summed E-state index contributed by atoms with van der Waals surface area (Å²) in [7, 11) is 2.02. The average Bonchev–Trinajstić information content (AvgIpc) is 3.13. The molecule has 0 bridgehead atoms. The summed E-state index contributed by atoms with van der Waals surface area (Å²) in [6, 6.07) is 28.0. The van der Waals surface area contributed by atoms with Crippen molar-refractivity contribution < 1.29 is 49.8 Å². The number of carboxylic acid groups (broad SMARTS) is 1. The Hall–Kier alpha value is -4.16. The minimum atomic E-state index is -0.954. The van der Waals surface area contributed by atoms with Crippen molar-refractivity contribution in [3.8, 4) is 17.2 Å². The smallest absolute Gasteiger partial charge is 0.335 e. The first-order valence-electron chi connectivity index (χ1n) is 16.7. The topological polar surface area (TPSA) is 92.0 Å². The molecular formula is C39H51N3O5W. The zero-order chi connectivity index (χ0) is 34.6. The van der Waals surface area contributed by atoms with Crippen LogP contribution in [0.5, 0.6) is 17.2 Å². The summed E-state index contributed by atoms with van der Waals surface area (Å²) in [5, 5.41) is 12.2. The number of nitrogens with one attached hydrogen (secondary N) is 1. The standard InChI is InChI=1S/C33H33N3O5.3C2H6.W/c1-35-22-25(21-34-32(37)26-11-13-29(14-12-26)41-28-7-3-2-4-8-28)10-15-31(35)36-18-16-24(17-19-36)23-40-30-9-5-6-27(20-30)33(38)39;3*1-2;/h3-15,20,22,24H,16-19,21,23H2,1H3,(H,34,37)(H,38,39);3*1-2H3;. The van der Waals surface area contributed by atoms with Gasteiger partial charge in [-0.3, -0.25) is 9.69 Å². The largest absolute Gasteiger partial charge is 0.493 e. The number of piperidine rings is 1. The van der Waals surface area contributed by atoms with Crippen LogP contribution in [0.4, 0.5) is 5.82 Å². The number of aromatic nitrogens is 1. The fraction of sp³-hybridized carbons (Fsp3) is 0.359. The molecule has 1 aliphatic rings. The van der Waals surface area contributed by atoms with Gasteiger partial charge in [-0.15, -0.1) is 12.1 Å². The van der Waals surface area contributed by atoms with Crippen molar-refractivity contribution in [3.63, 3.8) is 0 Å². The van der Waals surface area contributed by atoms with Crippen molar-refractivity contribution in [1.82, 2.24) is 5.32 Å². The van der Waals surface area contributed by atoms with Gasteiger partial charge in [-0.1, -0.05) is 47.6 Å². The monoisotopic (exact) mass is 825 g/mol. The van der Waals surface area contributed by atoms with Crippen LogP contribution in [0.15, 0.2) is 91.1 Å². The van der Waals surface area contributed by atoms with E-state index in [4.69, 9.17) is 14.6 Å². The SMILES string of the molecule is CC.CC.CC.C[n+]1cc(CNC(=O)c2ccc(Oc3cc[c-]cc3)cc2)ccc1N1CCC(COc2cccc(C(=O)O)c2)CC1.[W]. The molecule has 0 atom stereocenters. The van der Waals surface area contributed by atoms with Crippen LogP contribution in [-0.4, -0.2) is 36.7 Å². The van der Waals surface area contributed by atoms with Crippen molar-refractivity contribution in [1.29, 1.82) is 0 Å². The molecule has 1 amide bonds. The number of nitrogens with zero attached hydrogens (tertiary/aromatic N) is 2. The van der Waals surface area contributed by atoms with Crippen LogP contribution in [0.2, 0.25) is 0 Å². The summed E-state index contributed by atoms with van der Waals surface area (Å²) >= 11 is 0. The Bertz CT molecular complexity index is 1490. The van der Waals surface area contributed by atoms with Crippen LogP contribution in [0.25, 0.3) is 0 Å². The fourth-order valence-corrected chi connectivity index (χ4v) is 4.89. The van der Waals surface area contributed by atoms with Crippen molar-refractivity contribution in [3.05, 3.63) is 114 Å². The van der Waals surface area contributed by atoms with Crippen LogP contribution in [0.3, 0.4) is 0 Å². The average molecular weight is 826 g/mol. The van der Waals surface area contributed by atoms with E-state index in [1.54, 1.807) is 60.7 Å². The van der Waals surface area contributed by atoms with Crippen LogP contribution in [0.1, 0.15) is 80.7 Å². The maximum absolute atomic E-state index is 12.7. The maximum atomic E-state index is 12.7. The van der Waals surface area contributed by atoms with Crippen LogP contribution < -0.4 is 24.3 Å². The number of ether oxygens (including phenoxy) is 2. The minimum Gasteiger partial charge on any atom is -0.493 e. The molecule has 1 aromatic heterocycles. The number of carbonyl (C=O) groups is 2. The number of aromatic carboxylic acids is 1. The van der Waals surface area contributed by atoms with Crippen molar-refractivity contribution in [2.75, 3.05) is 24.6 Å². The third kappa shape index (κ3) is 13.2. The van der Waals surface area contributed by atoms with Gasteiger partial charge in [0.05, 0.1) is 38.5 Å². The van der Waals surface area contributed by atoms with Gasteiger partial charge in [0.1, 0.15) is 11.5 Å². The van der Waals surface area contributed by atoms with Crippen molar-refractivity contribution in [2.24, 2.45) is 13.0 Å². The van der Waals surface area contributed by atoms with Gasteiger partial charge in [0.25, 0.3) is 11.7 Å². The second kappa shape index (κ2) is 23.2. The fourth-order valence-electron chi connectivity index (χ4n) is 4.89. The van der Waals surface area contributed by atoms with Gasteiger partial charge in [0.2, 0.25) is 0 Å². The first-order chi connectivity index (χ1) is 22.9. The van der Waals surface area contributed by atoms with Gasteiger partial charge >= 0.3 is 5.97 Å². The number of amides is 1. The Morgan fingerprint density at radius 1 is 0.854 bits per heavy atom. The molecular weight excluding hydrogens is 774 g/mol. The van der Waals surface area contributed by atoms with Crippen LogP contribution in [-0.2, 0) is 34.7 Å². The molecule has 258 valence electrons. The Labute approximate surface area is 301 Å². The normalized spacial score (nSPS) is 11.9. The van der Waals surface area contributed by atoms with Crippen LogP contribution in [0, 0.1) is 12.0 Å². The Morgan fingerprint density at radius 2 is 1.48 bits per heavy atom. The third-order valence-corrected chi connectivity index (χ3v) is 7.17. The predicted molar refractivity (Wildman–Crippen MR) is 188 cm³/mol. The molecule has 2 heterocycles. The van der Waals surface area contributed by atoms with Crippen molar-refractivity contribution >= 4 is 17.7 Å². The molecule has 5 rings (SSSR count). The van der Waals surface area contributed by atoms with Crippen LogP contribution >= 0.6 is 0 Å². The summed E-state index contributed by atoms with van der Waals surface area (Å²) in [6.07, 6.45) is 4.03. The zero-order valence-corrected chi connectivity index (χ0v) is 32.3. The molecule has 1 fully saturated rings.